The van der Waals surface area contributed by atoms with Gasteiger partial charge in [0.25, 0.3) is 5.91 Å². The number of hydrogen-bond donors (Lipinski definition) is 0. The molecule has 4 rings (SSSR count). The van der Waals surface area contributed by atoms with E-state index in [1.165, 1.54) is 5.56 Å². The quantitative estimate of drug-likeness (QED) is 0.864. The van der Waals surface area contributed by atoms with Gasteiger partial charge in [0.1, 0.15) is 0 Å². The van der Waals surface area contributed by atoms with E-state index in [9.17, 15) is 4.79 Å². The number of rotatable bonds is 3. The second kappa shape index (κ2) is 6.83. The molecule has 2 aromatic heterocycles. The van der Waals surface area contributed by atoms with E-state index in [2.05, 4.69) is 4.90 Å². The molecule has 6 heteroatoms. The molecule has 0 saturated carbocycles. The molecule has 0 unspecified atom stereocenters. The van der Waals surface area contributed by atoms with Crippen molar-refractivity contribution >= 4 is 5.91 Å². The van der Waals surface area contributed by atoms with Crippen molar-refractivity contribution in [2.75, 3.05) is 32.8 Å². The van der Waals surface area contributed by atoms with E-state index < -0.39 is 0 Å². The van der Waals surface area contributed by atoms with Gasteiger partial charge in [-0.2, -0.15) is 0 Å². The highest BCUT2D eigenvalue weighted by Crippen LogP contribution is 2.26. The van der Waals surface area contributed by atoms with Crippen LogP contribution in [0.4, 0.5) is 0 Å². The van der Waals surface area contributed by atoms with Crippen LogP contribution in [0.15, 0.2) is 45.8 Å². The van der Waals surface area contributed by atoms with Crippen LogP contribution in [0.5, 0.6) is 0 Å². The van der Waals surface area contributed by atoms with Crippen LogP contribution in [0.2, 0.25) is 0 Å². The van der Waals surface area contributed by atoms with Gasteiger partial charge in [0.05, 0.1) is 31.5 Å². The van der Waals surface area contributed by atoms with Crippen molar-refractivity contribution in [3.8, 4) is 0 Å². The summed E-state index contributed by atoms with van der Waals surface area (Å²) in [6.07, 6.45) is 6.26. The first-order valence-electron chi connectivity index (χ1n) is 8.47. The molecule has 128 valence electrons. The van der Waals surface area contributed by atoms with E-state index in [0.717, 1.165) is 32.6 Å². The third-order valence-corrected chi connectivity index (χ3v) is 4.93. The number of ether oxygens (including phenoxy) is 1. The molecular formula is C18H22N2O4. The van der Waals surface area contributed by atoms with Crippen LogP contribution in [-0.4, -0.2) is 54.6 Å². The number of piperidine rings is 1. The summed E-state index contributed by atoms with van der Waals surface area (Å²) in [5.41, 5.74) is 1.19. The number of furan rings is 2. The van der Waals surface area contributed by atoms with Crippen LogP contribution in [0.3, 0.4) is 0 Å². The Morgan fingerprint density at radius 1 is 1.21 bits per heavy atom. The van der Waals surface area contributed by atoms with Crippen LogP contribution < -0.4 is 0 Å². The lowest BCUT2D eigenvalue weighted by Gasteiger charge is -2.37. The first-order valence-corrected chi connectivity index (χ1v) is 8.47. The van der Waals surface area contributed by atoms with Gasteiger partial charge in [0, 0.05) is 37.7 Å². The minimum Gasteiger partial charge on any atom is -0.472 e. The minimum absolute atomic E-state index is 0.0370. The van der Waals surface area contributed by atoms with E-state index in [1.807, 2.05) is 11.0 Å². The summed E-state index contributed by atoms with van der Waals surface area (Å²) in [5, 5.41) is 0. The summed E-state index contributed by atoms with van der Waals surface area (Å²) in [6.45, 7) is 4.74. The highest BCUT2D eigenvalue weighted by molar-refractivity contribution is 5.91. The summed E-state index contributed by atoms with van der Waals surface area (Å²) in [7, 11) is 0. The average Bonchev–Trinajstić information content (AvgIpc) is 3.25. The number of carbonyl (C=O) groups is 1. The molecule has 0 aromatic carbocycles. The van der Waals surface area contributed by atoms with E-state index >= 15 is 0 Å². The summed E-state index contributed by atoms with van der Waals surface area (Å²) < 4.78 is 16.5. The molecule has 4 heterocycles. The fourth-order valence-corrected chi connectivity index (χ4v) is 3.64. The molecule has 2 aromatic rings. The van der Waals surface area contributed by atoms with E-state index in [1.54, 1.807) is 30.9 Å². The van der Waals surface area contributed by atoms with Gasteiger partial charge in [-0.05, 0) is 31.2 Å². The van der Waals surface area contributed by atoms with Gasteiger partial charge >= 0.3 is 0 Å². The molecule has 2 aliphatic rings. The molecule has 6 nitrogen and oxygen atoms in total. The molecule has 0 spiro atoms. The van der Waals surface area contributed by atoms with Crippen molar-refractivity contribution in [1.29, 1.82) is 0 Å². The highest BCUT2D eigenvalue weighted by atomic mass is 16.5. The molecule has 0 bridgehead atoms. The van der Waals surface area contributed by atoms with Crippen LogP contribution in [0, 0.1) is 5.92 Å². The minimum atomic E-state index is -0.0370. The Kier molecular flexibility index (Phi) is 4.40. The van der Waals surface area contributed by atoms with Gasteiger partial charge in [-0.15, -0.1) is 0 Å². The number of hydrogen-bond acceptors (Lipinski definition) is 5. The highest BCUT2D eigenvalue weighted by Gasteiger charge is 2.35. The fraction of sp³-hybridized carbons (Fsp3) is 0.500. The molecule has 0 N–H and O–H groups in total. The Bertz CT molecular complexity index is 653. The molecule has 0 radical (unpaired) electrons. The Morgan fingerprint density at radius 3 is 2.96 bits per heavy atom. The predicted octanol–water partition coefficient (Wildman–Crippen LogP) is 2.24. The lowest BCUT2D eigenvalue weighted by molar-refractivity contribution is -0.0241. The lowest BCUT2D eigenvalue weighted by Crippen LogP contribution is -2.47. The van der Waals surface area contributed by atoms with Crippen LogP contribution in [0.1, 0.15) is 22.5 Å². The largest absolute Gasteiger partial charge is 0.472 e. The zero-order chi connectivity index (χ0) is 16.4. The topological polar surface area (TPSA) is 59.1 Å². The number of carbonyl (C=O) groups excluding carboxylic acids is 1. The maximum Gasteiger partial charge on any atom is 0.289 e. The third-order valence-electron chi connectivity index (χ3n) is 4.93. The Hall–Kier alpha value is -2.05. The Morgan fingerprint density at radius 2 is 2.17 bits per heavy atom. The monoisotopic (exact) mass is 330 g/mol. The smallest absolute Gasteiger partial charge is 0.289 e. The van der Waals surface area contributed by atoms with Crippen molar-refractivity contribution in [3.05, 3.63) is 48.3 Å². The maximum atomic E-state index is 12.5. The van der Waals surface area contributed by atoms with Gasteiger partial charge in [-0.3, -0.25) is 9.69 Å². The number of amides is 1. The van der Waals surface area contributed by atoms with Gasteiger partial charge in [0.2, 0.25) is 0 Å². The molecule has 24 heavy (non-hydrogen) atoms. The van der Waals surface area contributed by atoms with Crippen molar-refractivity contribution in [1.82, 2.24) is 9.80 Å². The lowest BCUT2D eigenvalue weighted by atomic mass is 9.93. The van der Waals surface area contributed by atoms with Crippen LogP contribution in [0.25, 0.3) is 0 Å². The van der Waals surface area contributed by atoms with Gasteiger partial charge < -0.3 is 18.5 Å². The Labute approximate surface area is 141 Å². The molecule has 2 atom stereocenters. The summed E-state index contributed by atoms with van der Waals surface area (Å²) in [6, 6.07) is 5.47. The molecule has 0 aliphatic carbocycles. The van der Waals surface area contributed by atoms with Crippen LogP contribution >= 0.6 is 0 Å². The van der Waals surface area contributed by atoms with Crippen molar-refractivity contribution in [2.24, 2.45) is 5.92 Å². The summed E-state index contributed by atoms with van der Waals surface area (Å²) in [5.74, 6) is 0.753. The first kappa shape index (κ1) is 15.5. The van der Waals surface area contributed by atoms with Crippen molar-refractivity contribution in [3.63, 3.8) is 0 Å². The van der Waals surface area contributed by atoms with E-state index in [0.29, 0.717) is 24.8 Å². The van der Waals surface area contributed by atoms with E-state index in [4.69, 9.17) is 13.6 Å². The summed E-state index contributed by atoms with van der Waals surface area (Å²) >= 11 is 0. The zero-order valence-electron chi connectivity index (χ0n) is 13.6. The molecule has 2 saturated heterocycles. The normalized spacial score (nSPS) is 25.2. The molecular weight excluding hydrogens is 308 g/mol. The number of likely N-dealkylation sites (tertiary alicyclic amines) is 1. The van der Waals surface area contributed by atoms with Gasteiger partial charge in [-0.25, -0.2) is 0 Å². The molecule has 2 fully saturated rings. The number of fused-ring (bicyclic) bond motifs is 1. The van der Waals surface area contributed by atoms with Gasteiger partial charge in [0.15, 0.2) is 5.76 Å². The number of nitrogens with zero attached hydrogens (tertiary/aromatic N) is 2. The molecule has 2 aliphatic heterocycles. The van der Waals surface area contributed by atoms with E-state index in [-0.39, 0.29) is 12.0 Å². The van der Waals surface area contributed by atoms with Crippen molar-refractivity contribution < 1.29 is 18.4 Å². The SMILES string of the molecule is O=C(c1ccco1)N1CCO[C@H]2CN(Cc3ccoc3)CC[C@H]2C1. The fourth-order valence-electron chi connectivity index (χ4n) is 3.64. The second-order valence-corrected chi connectivity index (χ2v) is 6.55. The maximum absolute atomic E-state index is 12.5. The molecule has 1 amide bonds. The van der Waals surface area contributed by atoms with Crippen LogP contribution in [-0.2, 0) is 11.3 Å². The predicted molar refractivity (Wildman–Crippen MR) is 86.4 cm³/mol. The van der Waals surface area contributed by atoms with Crippen molar-refractivity contribution in [2.45, 2.75) is 19.1 Å². The average molecular weight is 330 g/mol. The zero-order valence-corrected chi connectivity index (χ0v) is 13.6. The second-order valence-electron chi connectivity index (χ2n) is 6.55. The summed E-state index contributed by atoms with van der Waals surface area (Å²) in [4.78, 5) is 16.8. The standard InChI is InChI=1S/C18H22N2O4/c21-18(16-2-1-7-23-16)20-6-9-24-17-12-19(5-3-15(17)11-20)10-14-4-8-22-13-14/h1-2,4,7-8,13,15,17H,3,5-6,9-12H2/t15-,17-/m0/s1. The first-order chi connectivity index (χ1) is 11.8. The van der Waals surface area contributed by atoms with Gasteiger partial charge in [-0.1, -0.05) is 0 Å². The third kappa shape index (κ3) is 3.25. The Balaban J connectivity index is 1.38.